The molecular formula is C24H27NO5S. The molecule has 0 unspecified atom stereocenters. The van der Waals surface area contributed by atoms with E-state index in [2.05, 4.69) is 6.07 Å². The number of carbonyl (C=O) groups is 1. The van der Waals surface area contributed by atoms with Gasteiger partial charge < -0.3 is 9.47 Å². The molecule has 6 nitrogen and oxygen atoms in total. The number of nitrogens with zero attached hydrogens (tertiary/aromatic N) is 1. The van der Waals surface area contributed by atoms with E-state index in [1.807, 2.05) is 6.07 Å². The number of rotatable bonds is 3. The summed E-state index contributed by atoms with van der Waals surface area (Å²) < 4.78 is 39.2. The molecule has 1 aliphatic carbocycles. The molecule has 0 N–H and O–H groups in total. The minimum Gasteiger partial charge on any atom is -0.497 e. The number of fused-ring (bicyclic) bond motifs is 2. The summed E-state index contributed by atoms with van der Waals surface area (Å²) in [5.41, 5.74) is 2.64. The van der Waals surface area contributed by atoms with Crippen molar-refractivity contribution in [2.24, 2.45) is 0 Å². The molecule has 2 heterocycles. The van der Waals surface area contributed by atoms with Gasteiger partial charge in [0.15, 0.2) is 5.78 Å². The van der Waals surface area contributed by atoms with Crippen molar-refractivity contribution in [2.75, 3.05) is 20.2 Å². The molecule has 1 spiro atoms. The van der Waals surface area contributed by atoms with Gasteiger partial charge in [0.2, 0.25) is 10.0 Å². The van der Waals surface area contributed by atoms with Crippen molar-refractivity contribution in [3.05, 3.63) is 53.1 Å². The van der Waals surface area contributed by atoms with Gasteiger partial charge in [-0.25, -0.2) is 8.42 Å². The van der Waals surface area contributed by atoms with Crippen LogP contribution in [0.15, 0.2) is 41.3 Å². The lowest BCUT2D eigenvalue weighted by atomic mass is 9.81. The average Bonchev–Trinajstić information content (AvgIpc) is 2.78. The fourth-order valence-corrected chi connectivity index (χ4v) is 6.47. The van der Waals surface area contributed by atoms with E-state index in [0.29, 0.717) is 49.4 Å². The third-order valence-corrected chi connectivity index (χ3v) is 8.80. The van der Waals surface area contributed by atoms with E-state index in [1.165, 1.54) is 28.3 Å². The van der Waals surface area contributed by atoms with Crippen LogP contribution in [-0.4, -0.2) is 44.3 Å². The standard InChI is InChI=1S/C24H27NO5S/c1-29-19-6-8-20(9-7-19)31(27,28)25-12-10-24(11-13-25)16-22(26)21-14-17-4-2-3-5-18(17)15-23(21)30-24/h6-9,14-15H,2-5,10-13,16H2,1H3. The number of methoxy groups -OCH3 is 1. The Morgan fingerprint density at radius 2 is 1.65 bits per heavy atom. The van der Waals surface area contributed by atoms with Gasteiger partial charge in [-0.3, -0.25) is 4.79 Å². The van der Waals surface area contributed by atoms with Gasteiger partial charge in [-0.1, -0.05) is 0 Å². The maximum Gasteiger partial charge on any atom is 0.243 e. The van der Waals surface area contributed by atoms with Crippen molar-refractivity contribution in [1.82, 2.24) is 4.31 Å². The van der Waals surface area contributed by atoms with E-state index < -0.39 is 15.6 Å². The number of Topliss-reactive ketones (excluding diaryl/α,β-unsaturated/α-hetero) is 1. The second-order valence-corrected chi connectivity index (χ2v) is 10.7. The van der Waals surface area contributed by atoms with Gasteiger partial charge in [0, 0.05) is 25.9 Å². The zero-order chi connectivity index (χ0) is 21.6. The molecular weight excluding hydrogens is 414 g/mol. The van der Waals surface area contributed by atoms with Crippen molar-refractivity contribution in [1.29, 1.82) is 0 Å². The first-order valence-electron chi connectivity index (χ1n) is 10.9. The van der Waals surface area contributed by atoms with E-state index in [1.54, 1.807) is 31.4 Å². The van der Waals surface area contributed by atoms with Gasteiger partial charge in [-0.2, -0.15) is 4.31 Å². The SMILES string of the molecule is COc1ccc(S(=O)(=O)N2CCC3(CC2)CC(=O)c2cc4c(cc2O3)CCCC4)cc1. The molecule has 0 aromatic heterocycles. The van der Waals surface area contributed by atoms with Gasteiger partial charge in [0.05, 0.1) is 24.0 Å². The van der Waals surface area contributed by atoms with Crippen molar-refractivity contribution >= 4 is 15.8 Å². The Morgan fingerprint density at radius 3 is 2.29 bits per heavy atom. The Morgan fingerprint density at radius 1 is 1.00 bits per heavy atom. The van der Waals surface area contributed by atoms with Gasteiger partial charge in [0.25, 0.3) is 0 Å². The predicted octanol–water partition coefficient (Wildman–Crippen LogP) is 3.76. The molecule has 31 heavy (non-hydrogen) atoms. The van der Waals surface area contributed by atoms with Gasteiger partial charge in [-0.05, 0) is 73.2 Å². The molecule has 0 atom stereocenters. The Bertz CT molecular complexity index is 1120. The number of piperidine rings is 1. The second-order valence-electron chi connectivity index (χ2n) is 8.79. The van der Waals surface area contributed by atoms with Crippen LogP contribution in [0.5, 0.6) is 11.5 Å². The first-order chi connectivity index (χ1) is 14.9. The highest BCUT2D eigenvalue weighted by atomic mass is 32.2. The molecule has 0 bridgehead atoms. The van der Waals surface area contributed by atoms with E-state index >= 15 is 0 Å². The van der Waals surface area contributed by atoms with Crippen LogP contribution < -0.4 is 9.47 Å². The Kier molecular flexibility index (Phi) is 5.06. The fraction of sp³-hybridized carbons (Fsp3) is 0.458. The number of benzene rings is 2. The lowest BCUT2D eigenvalue weighted by Crippen LogP contribution is -2.52. The molecule has 3 aliphatic rings. The highest BCUT2D eigenvalue weighted by molar-refractivity contribution is 7.89. The minimum atomic E-state index is -3.59. The van der Waals surface area contributed by atoms with Crippen LogP contribution in [0.25, 0.3) is 0 Å². The van der Waals surface area contributed by atoms with Crippen LogP contribution in [0, 0.1) is 0 Å². The number of carbonyl (C=O) groups excluding carboxylic acids is 1. The summed E-state index contributed by atoms with van der Waals surface area (Å²) in [6.45, 7) is 0.670. The van der Waals surface area contributed by atoms with Crippen LogP contribution >= 0.6 is 0 Å². The third-order valence-electron chi connectivity index (χ3n) is 6.88. The molecule has 2 aromatic carbocycles. The summed E-state index contributed by atoms with van der Waals surface area (Å²) in [5.74, 6) is 1.41. The summed E-state index contributed by atoms with van der Waals surface area (Å²) in [6.07, 6.45) is 5.72. The highest BCUT2D eigenvalue weighted by Gasteiger charge is 2.45. The maximum atomic E-state index is 13.1. The van der Waals surface area contributed by atoms with E-state index in [4.69, 9.17) is 9.47 Å². The highest BCUT2D eigenvalue weighted by Crippen LogP contribution is 2.42. The van der Waals surface area contributed by atoms with Crippen LogP contribution in [0.1, 0.15) is 53.6 Å². The molecule has 164 valence electrons. The Labute approximate surface area is 183 Å². The largest absolute Gasteiger partial charge is 0.497 e. The first-order valence-corrected chi connectivity index (χ1v) is 12.4. The minimum absolute atomic E-state index is 0.112. The topological polar surface area (TPSA) is 72.9 Å². The molecule has 2 aliphatic heterocycles. The molecule has 0 radical (unpaired) electrons. The van der Waals surface area contributed by atoms with Gasteiger partial charge in [0.1, 0.15) is 17.1 Å². The summed E-state index contributed by atoms with van der Waals surface area (Å²) in [4.78, 5) is 13.2. The smallest absolute Gasteiger partial charge is 0.243 e. The average molecular weight is 442 g/mol. The monoisotopic (exact) mass is 441 g/mol. The number of sulfonamides is 1. The number of ether oxygens (including phenoxy) is 2. The van der Waals surface area contributed by atoms with Crippen LogP contribution in [0.4, 0.5) is 0 Å². The number of hydrogen-bond acceptors (Lipinski definition) is 5. The Balaban J connectivity index is 1.34. The molecule has 1 fully saturated rings. The van der Waals surface area contributed by atoms with Crippen LogP contribution in [0.3, 0.4) is 0 Å². The summed E-state index contributed by atoms with van der Waals surface area (Å²) in [5, 5.41) is 0. The number of aryl methyl sites for hydroxylation is 2. The molecule has 7 heteroatoms. The molecule has 5 rings (SSSR count). The van der Waals surface area contributed by atoms with Crippen LogP contribution in [0.2, 0.25) is 0 Å². The zero-order valence-corrected chi connectivity index (χ0v) is 18.5. The molecule has 0 amide bonds. The van der Waals surface area contributed by atoms with Crippen molar-refractivity contribution in [3.63, 3.8) is 0 Å². The third kappa shape index (κ3) is 3.64. The fourth-order valence-electron chi connectivity index (χ4n) is 5.03. The zero-order valence-electron chi connectivity index (χ0n) is 17.7. The lowest BCUT2D eigenvalue weighted by Gasteiger charge is -2.43. The van der Waals surface area contributed by atoms with E-state index in [9.17, 15) is 13.2 Å². The first kappa shape index (κ1) is 20.5. The van der Waals surface area contributed by atoms with E-state index in [0.717, 1.165) is 12.8 Å². The van der Waals surface area contributed by atoms with Gasteiger partial charge >= 0.3 is 0 Å². The summed E-state index contributed by atoms with van der Waals surface area (Å²) in [6, 6.07) is 10.5. The normalized spacial score (nSPS) is 20.6. The predicted molar refractivity (Wildman–Crippen MR) is 116 cm³/mol. The second kappa shape index (κ2) is 7.64. The summed E-state index contributed by atoms with van der Waals surface area (Å²) in [7, 11) is -2.04. The number of ketones is 1. The van der Waals surface area contributed by atoms with Crippen molar-refractivity contribution < 1.29 is 22.7 Å². The summed E-state index contributed by atoms with van der Waals surface area (Å²) >= 11 is 0. The van der Waals surface area contributed by atoms with Crippen molar-refractivity contribution in [2.45, 2.75) is 55.4 Å². The van der Waals surface area contributed by atoms with Crippen LogP contribution in [-0.2, 0) is 22.9 Å². The number of hydrogen-bond donors (Lipinski definition) is 0. The van der Waals surface area contributed by atoms with Crippen molar-refractivity contribution in [3.8, 4) is 11.5 Å². The molecule has 1 saturated heterocycles. The molecule has 2 aromatic rings. The van der Waals surface area contributed by atoms with E-state index in [-0.39, 0.29) is 10.7 Å². The Hall–Kier alpha value is -2.38. The quantitative estimate of drug-likeness (QED) is 0.725. The van der Waals surface area contributed by atoms with Gasteiger partial charge in [-0.15, -0.1) is 0 Å². The lowest BCUT2D eigenvalue weighted by molar-refractivity contribution is 0.00581. The maximum absolute atomic E-state index is 13.1. The molecule has 0 saturated carbocycles.